The number of rotatable bonds is 34. The first kappa shape index (κ1) is 103. The summed E-state index contributed by atoms with van der Waals surface area (Å²) in [4.78, 5) is 149. The van der Waals surface area contributed by atoms with Gasteiger partial charge in [0.2, 0.25) is 17.7 Å². The molecule has 6 aromatic heterocycles. The molecular formula is C112H122N10O13S3. The lowest BCUT2D eigenvalue weighted by Crippen LogP contribution is -2.42. The molecule has 138 heavy (non-hydrogen) atoms. The number of anilines is 1. The summed E-state index contributed by atoms with van der Waals surface area (Å²) in [7, 11) is 0. The van der Waals surface area contributed by atoms with Gasteiger partial charge in [0.1, 0.15) is 23.9 Å². The lowest BCUT2D eigenvalue weighted by Gasteiger charge is -2.28. The summed E-state index contributed by atoms with van der Waals surface area (Å²) in [6, 6.07) is 65.8. The fraction of sp³-hybridized carbons (Fsp3) is 0.330. The first-order valence-corrected chi connectivity index (χ1v) is 49.0. The highest BCUT2D eigenvalue weighted by Gasteiger charge is 2.33. The van der Waals surface area contributed by atoms with E-state index in [-0.39, 0.29) is 77.5 Å². The number of nitrogens with one attached hydrogen (secondary N) is 3. The topological polar surface area (TPSA) is 340 Å². The van der Waals surface area contributed by atoms with Crippen LogP contribution in [0.25, 0.3) is 78.7 Å². The third-order valence-electron chi connectivity index (χ3n) is 23.6. The Morgan fingerprint density at radius 3 is 0.877 bits per heavy atom. The number of ether oxygens (including phenoxy) is 1. The van der Waals surface area contributed by atoms with Crippen molar-refractivity contribution in [2.24, 2.45) is 23.2 Å². The Kier molecular flexibility index (Phi) is 34.7. The first-order valence-electron chi connectivity index (χ1n) is 46.5. The normalized spacial score (nSPS) is 13.5. The van der Waals surface area contributed by atoms with E-state index in [2.05, 4.69) is 195 Å². The van der Waals surface area contributed by atoms with E-state index in [1.807, 2.05) is 158 Å². The van der Waals surface area contributed by atoms with Crippen LogP contribution >= 0.6 is 34.0 Å². The van der Waals surface area contributed by atoms with Crippen molar-refractivity contribution in [1.82, 2.24) is 45.9 Å². The molecule has 0 radical (unpaired) electrons. The van der Waals surface area contributed by atoms with Gasteiger partial charge in [0.25, 0.3) is 0 Å². The van der Waals surface area contributed by atoms with E-state index in [9.17, 15) is 58.5 Å². The Morgan fingerprint density at radius 2 is 0.601 bits per heavy atom. The standard InChI is InChI=1S/C38H37N3O4S.C37H42N4O4S.C37H43N3O5S/c1-24(37(44)45)41-36(43)30(21-32(42)33-18-19-34(46-33)38(2,3)4)20-25-10-12-29(13-11-25)35-39-22-31(23-40-35)28-16-14-27(15-17-28)26-8-6-5-7-9-26;1-24(36(44)45)40-35(43)28(21-31(42)32-16-17-33(46-32)37(2,3)4)20-25-8-10-27(11-9-25)34-38-22-29(23-39-34)26-12-14-30(15-13-26)41-18-6-5-7-19-41;1-23(35(43)44)40-34(42)27(19-30(41)31-16-17-32(46-31)37(5,6)7)18-24-8-10-26(11-9-24)33-38-20-28(21-39-33)25-12-14-29(15-13-25)45-22-36(2,3)4/h5-19,22-24,30H,20-21H2,1-4H3,(H,41,43)(H,44,45);8-17,22-24,28H,5-7,18-21H2,1-4H3,(H,40,43)(H,44,45);8-17,20-21,23,27H,18-19,22H2,1-7H3,(H,40,42)(H,43,44)/t24-,30-;24-,28-;23-,27-/m111/s1. The van der Waals surface area contributed by atoms with Crippen molar-refractivity contribution < 1.29 is 63.2 Å². The van der Waals surface area contributed by atoms with Crippen LogP contribution in [0.3, 0.4) is 0 Å². The van der Waals surface area contributed by atoms with Gasteiger partial charge in [-0.3, -0.25) is 43.2 Å². The molecule has 1 aliphatic rings. The lowest BCUT2D eigenvalue weighted by molar-refractivity contribution is -0.142. The maximum absolute atomic E-state index is 13.3. The molecule has 26 heteroatoms. The van der Waals surface area contributed by atoms with E-state index >= 15 is 0 Å². The van der Waals surface area contributed by atoms with Gasteiger partial charge in [0, 0.05) is 141 Å². The average Bonchev–Trinajstić information content (AvgIpc) is 1.28. The number of amides is 3. The molecule has 6 atom stereocenters. The first-order chi connectivity index (χ1) is 65.5. The van der Waals surface area contributed by atoms with Crippen LogP contribution in [0, 0.1) is 23.2 Å². The molecule has 7 aromatic carbocycles. The second-order valence-electron chi connectivity index (χ2n) is 39.4. The molecule has 14 rings (SSSR count). The third-order valence-corrected chi connectivity index (χ3v) is 28.3. The number of hydrogen-bond acceptors (Lipinski definition) is 20. The highest BCUT2D eigenvalue weighted by molar-refractivity contribution is 7.15. The van der Waals surface area contributed by atoms with Gasteiger partial charge in [-0.15, -0.1) is 34.0 Å². The Morgan fingerprint density at radius 1 is 0.333 bits per heavy atom. The van der Waals surface area contributed by atoms with Gasteiger partial charge in [-0.25, -0.2) is 29.9 Å². The smallest absolute Gasteiger partial charge is 0.325 e. The number of Topliss-reactive ketones (excluding diaryl/α,β-unsaturated/α-hetero) is 3. The zero-order chi connectivity index (χ0) is 99.3. The number of aromatic nitrogens is 6. The molecule has 0 aliphatic carbocycles. The molecule has 23 nitrogen and oxygen atoms in total. The van der Waals surface area contributed by atoms with Crippen molar-refractivity contribution in [2.45, 2.75) is 196 Å². The predicted octanol–water partition coefficient (Wildman–Crippen LogP) is 22.7. The Bertz CT molecular complexity index is 6330. The van der Waals surface area contributed by atoms with Crippen LogP contribution < -0.4 is 25.6 Å². The Labute approximate surface area is 820 Å². The molecule has 0 spiro atoms. The molecular weight excluding hydrogens is 1790 g/mol. The van der Waals surface area contributed by atoms with Gasteiger partial charge in [-0.1, -0.05) is 235 Å². The van der Waals surface area contributed by atoms with Gasteiger partial charge in [-0.2, -0.15) is 0 Å². The van der Waals surface area contributed by atoms with E-state index in [1.165, 1.54) is 79.7 Å². The highest BCUT2D eigenvalue weighted by Crippen LogP contribution is 2.37. The number of carbonyl (C=O) groups excluding carboxylic acids is 6. The SMILES string of the molecule is C[C@@H](NC(=O)[C@@H](CC(=O)c1ccc(C(C)(C)C)s1)Cc1ccc(-c2ncc(-c3ccc(-c4ccccc4)cc3)cn2)cc1)C(=O)O.C[C@@H](NC(=O)[C@@H](CC(=O)c1ccc(C(C)(C)C)s1)Cc1ccc(-c2ncc(-c3ccc(N4CCCCC4)cc3)cn2)cc1)C(=O)O.C[C@@H](NC(=O)[C@@H](CC(=O)c1ccc(C(C)(C)C)s1)Cc1ccc(-c2ncc(-c3ccc(OCC(C)(C)C)cc3)cn2)cc1)C(=O)O. The number of piperidine rings is 1. The molecule has 0 bridgehead atoms. The number of carboxylic acids is 3. The minimum atomic E-state index is -1.14. The van der Waals surface area contributed by atoms with Crippen molar-refractivity contribution in [3.05, 3.63) is 295 Å². The van der Waals surface area contributed by atoms with Gasteiger partial charge in [0.15, 0.2) is 34.8 Å². The van der Waals surface area contributed by atoms with E-state index < -0.39 is 71.5 Å². The summed E-state index contributed by atoms with van der Waals surface area (Å²) in [6.07, 6.45) is 15.4. The average molecular weight is 1910 g/mol. The summed E-state index contributed by atoms with van der Waals surface area (Å²) in [5.41, 5.74) is 14.2. The molecule has 3 amide bonds. The number of benzene rings is 7. The van der Waals surface area contributed by atoms with Crippen LogP contribution in [0.4, 0.5) is 5.69 Å². The number of nitrogens with zero attached hydrogens (tertiary/aromatic N) is 7. The van der Waals surface area contributed by atoms with Crippen LogP contribution in [0.1, 0.15) is 203 Å². The number of hydrogen-bond donors (Lipinski definition) is 6. The third kappa shape index (κ3) is 29.4. The van der Waals surface area contributed by atoms with Crippen molar-refractivity contribution >= 4 is 92.7 Å². The summed E-state index contributed by atoms with van der Waals surface area (Å²) in [6.45, 7) is 32.3. The van der Waals surface area contributed by atoms with Crippen LogP contribution in [0.5, 0.6) is 5.75 Å². The second kappa shape index (κ2) is 46.4. The molecule has 1 fully saturated rings. The molecule has 716 valence electrons. The van der Waals surface area contributed by atoms with Crippen LogP contribution in [-0.2, 0) is 64.3 Å². The minimum absolute atomic E-state index is 0.0202. The summed E-state index contributed by atoms with van der Waals surface area (Å²) in [5, 5.41) is 35.6. The molecule has 7 heterocycles. The molecule has 1 aliphatic heterocycles. The summed E-state index contributed by atoms with van der Waals surface area (Å²) in [5.74, 6) is -4.83. The monoisotopic (exact) mass is 1910 g/mol. The molecule has 1 saturated heterocycles. The van der Waals surface area contributed by atoms with E-state index in [4.69, 9.17) is 4.74 Å². The minimum Gasteiger partial charge on any atom is -0.493 e. The van der Waals surface area contributed by atoms with E-state index in [0.29, 0.717) is 38.7 Å². The molecule has 13 aromatic rings. The predicted molar refractivity (Wildman–Crippen MR) is 548 cm³/mol. The molecule has 0 saturated carbocycles. The van der Waals surface area contributed by atoms with Crippen molar-refractivity contribution in [2.75, 3.05) is 24.6 Å². The number of ketones is 3. The molecule has 0 unspecified atom stereocenters. The lowest BCUT2D eigenvalue weighted by atomic mass is 9.92. The molecule has 6 N–H and O–H groups in total. The second-order valence-corrected chi connectivity index (χ2v) is 42.7. The van der Waals surface area contributed by atoms with Crippen LogP contribution in [-0.4, -0.2) is 136 Å². The van der Waals surface area contributed by atoms with E-state index in [0.717, 1.165) is 111 Å². The Balaban J connectivity index is 0.000000186. The number of thiophene rings is 3. The van der Waals surface area contributed by atoms with Gasteiger partial charge >= 0.3 is 17.9 Å². The largest absolute Gasteiger partial charge is 0.493 e. The number of carboxylic acid groups (broad SMARTS) is 3. The van der Waals surface area contributed by atoms with Crippen molar-refractivity contribution in [1.29, 1.82) is 0 Å². The quantitative estimate of drug-likeness (QED) is 0.0204. The maximum atomic E-state index is 13.3. The van der Waals surface area contributed by atoms with Crippen LogP contribution in [0.15, 0.2) is 250 Å². The van der Waals surface area contributed by atoms with Gasteiger partial charge < -0.3 is 40.9 Å². The van der Waals surface area contributed by atoms with Crippen molar-refractivity contribution in [3.8, 4) is 84.4 Å². The van der Waals surface area contributed by atoms with Crippen molar-refractivity contribution in [3.63, 3.8) is 0 Å². The van der Waals surface area contributed by atoms with E-state index in [1.54, 1.807) is 30.9 Å². The number of carbonyl (C=O) groups is 9. The fourth-order valence-corrected chi connectivity index (χ4v) is 18.3. The van der Waals surface area contributed by atoms with Gasteiger partial charge in [0.05, 0.1) is 21.2 Å². The summed E-state index contributed by atoms with van der Waals surface area (Å²) < 4.78 is 5.87. The highest BCUT2D eigenvalue weighted by atomic mass is 32.1. The maximum Gasteiger partial charge on any atom is 0.325 e. The zero-order valence-electron chi connectivity index (χ0n) is 80.9. The van der Waals surface area contributed by atoms with Gasteiger partial charge in [-0.05, 0) is 186 Å². The number of aliphatic carboxylic acids is 3. The van der Waals surface area contributed by atoms with Crippen LogP contribution in [0.2, 0.25) is 0 Å². The Hall–Kier alpha value is -13.7. The fourth-order valence-electron chi connectivity index (χ4n) is 15.2. The summed E-state index contributed by atoms with van der Waals surface area (Å²) >= 11 is 4.31. The zero-order valence-corrected chi connectivity index (χ0v) is 83.3.